The number of allylic oxidation sites excluding steroid dienone is 2. The van der Waals surface area contributed by atoms with E-state index in [0.29, 0.717) is 25.8 Å². The molecule has 5 aliphatic rings. The lowest BCUT2D eigenvalue weighted by Gasteiger charge is -2.50. The predicted molar refractivity (Wildman–Crippen MR) is 110 cm³/mol. The second-order valence-electron chi connectivity index (χ2n) is 9.69. The van der Waals surface area contributed by atoms with Crippen molar-refractivity contribution < 1.29 is 19.7 Å². The van der Waals surface area contributed by atoms with Crippen molar-refractivity contribution in [3.05, 3.63) is 24.3 Å². The van der Waals surface area contributed by atoms with Crippen molar-refractivity contribution in [1.29, 1.82) is 5.41 Å². The van der Waals surface area contributed by atoms with Gasteiger partial charge in [-0.15, -0.1) is 0 Å². The van der Waals surface area contributed by atoms with Gasteiger partial charge in [0.15, 0.2) is 5.79 Å². The number of nitrogens with zero attached hydrogens (tertiary/aromatic N) is 1. The number of hydrogen-bond donors (Lipinski definition) is 3. The highest BCUT2D eigenvalue weighted by Gasteiger charge is 2.59. The van der Waals surface area contributed by atoms with Gasteiger partial charge in [0.1, 0.15) is 6.10 Å². The summed E-state index contributed by atoms with van der Waals surface area (Å²) in [5.41, 5.74) is 1.92. The Morgan fingerprint density at radius 2 is 2.07 bits per heavy atom. The topological polar surface area (TPSA) is 95.1 Å². The minimum absolute atomic E-state index is 0.0243. The molecule has 3 saturated heterocycles. The van der Waals surface area contributed by atoms with Gasteiger partial charge in [0, 0.05) is 36.4 Å². The van der Waals surface area contributed by atoms with Gasteiger partial charge in [-0.2, -0.15) is 0 Å². The predicted octanol–water partition coefficient (Wildman–Crippen LogP) is 2.79. The van der Waals surface area contributed by atoms with Crippen LogP contribution in [0.3, 0.4) is 0 Å². The third kappa shape index (κ3) is 2.91. The van der Waals surface area contributed by atoms with Crippen molar-refractivity contribution in [2.24, 2.45) is 22.2 Å². The maximum atomic E-state index is 11.2. The van der Waals surface area contributed by atoms with Crippen LogP contribution in [-0.2, 0) is 9.47 Å². The summed E-state index contributed by atoms with van der Waals surface area (Å²) >= 11 is 0. The molecule has 5 rings (SSSR count). The van der Waals surface area contributed by atoms with E-state index in [9.17, 15) is 10.2 Å². The summed E-state index contributed by atoms with van der Waals surface area (Å²) in [5.74, 6) is -0.949. The summed E-state index contributed by atoms with van der Waals surface area (Å²) in [6.07, 6.45) is 6.88. The highest BCUT2D eigenvalue weighted by Crippen LogP contribution is 2.54. The molecule has 158 valence electrons. The van der Waals surface area contributed by atoms with Crippen LogP contribution in [0.1, 0.15) is 51.9 Å². The van der Waals surface area contributed by atoms with Gasteiger partial charge in [0.2, 0.25) is 0 Å². The molecule has 4 aliphatic heterocycles. The van der Waals surface area contributed by atoms with Crippen LogP contribution in [0.4, 0.5) is 0 Å². The second-order valence-corrected chi connectivity index (χ2v) is 9.69. The minimum atomic E-state index is -0.920. The molecule has 8 atom stereocenters. The smallest absolute Gasteiger partial charge is 0.172 e. The van der Waals surface area contributed by atoms with Gasteiger partial charge in [-0.3, -0.25) is 4.99 Å². The molecule has 6 heteroatoms. The molecule has 0 aromatic carbocycles. The van der Waals surface area contributed by atoms with Gasteiger partial charge in [0.25, 0.3) is 0 Å². The SMILES string of the molecule is C=CC1=C[C@@H]2[C@@H]3O[C@]4(CC[C@H](O4)[C@@H](C)C[C@@H](O)C3=N)C[C@H](O)C3=NCC[C@@]32CC1. The zero-order valence-corrected chi connectivity index (χ0v) is 17.1. The standard InChI is InChI=1S/C23H32N2O4/c1-3-14-4-6-22-8-9-25-21(22)17(27)12-23-7-5-18(28-23)13(2)10-16(26)19(24)20(29-23)15(22)11-14/h3,11,13,15-18,20,24,26-27H,1,4-10,12H2,2H3/t13-,15+,16+,17-,18-,20-,22+,23+/m0/s1. The zero-order chi connectivity index (χ0) is 20.4. The van der Waals surface area contributed by atoms with Gasteiger partial charge in [-0.25, -0.2) is 0 Å². The van der Waals surface area contributed by atoms with Crippen LogP contribution >= 0.6 is 0 Å². The van der Waals surface area contributed by atoms with Crippen LogP contribution in [0.5, 0.6) is 0 Å². The Labute approximate surface area is 172 Å². The molecule has 4 heterocycles. The quantitative estimate of drug-likeness (QED) is 0.631. The maximum Gasteiger partial charge on any atom is 0.172 e. The number of rotatable bonds is 1. The second kappa shape index (κ2) is 6.84. The number of nitrogens with one attached hydrogen (secondary N) is 1. The normalized spacial score (nSPS) is 49.4. The average molecular weight is 401 g/mol. The Morgan fingerprint density at radius 3 is 2.86 bits per heavy atom. The fourth-order valence-corrected chi connectivity index (χ4v) is 6.46. The number of hydrogen-bond acceptors (Lipinski definition) is 6. The van der Waals surface area contributed by atoms with Crippen molar-refractivity contribution in [3.8, 4) is 0 Å². The van der Waals surface area contributed by atoms with Crippen molar-refractivity contribution in [1.82, 2.24) is 0 Å². The molecule has 3 N–H and O–H groups in total. The number of aliphatic hydroxyl groups excluding tert-OH is 2. The van der Waals surface area contributed by atoms with Gasteiger partial charge in [-0.05, 0) is 38.0 Å². The minimum Gasteiger partial charge on any atom is -0.387 e. The number of aliphatic imine (C=N–C) groups is 1. The van der Waals surface area contributed by atoms with Gasteiger partial charge in [0.05, 0.1) is 24.0 Å². The molecular formula is C23H32N2O4. The first-order valence-corrected chi connectivity index (χ1v) is 11.1. The van der Waals surface area contributed by atoms with E-state index in [-0.39, 0.29) is 29.1 Å². The van der Waals surface area contributed by atoms with E-state index in [0.717, 1.165) is 37.0 Å². The molecule has 0 radical (unpaired) electrons. The average Bonchev–Trinajstić information content (AvgIpc) is 3.31. The maximum absolute atomic E-state index is 11.2. The summed E-state index contributed by atoms with van der Waals surface area (Å²) in [4.78, 5) is 4.78. The van der Waals surface area contributed by atoms with Crippen LogP contribution in [0, 0.1) is 22.7 Å². The van der Waals surface area contributed by atoms with Crippen LogP contribution in [0.2, 0.25) is 0 Å². The molecule has 3 fully saturated rings. The first-order valence-electron chi connectivity index (χ1n) is 11.1. The van der Waals surface area contributed by atoms with Crippen molar-refractivity contribution >= 4 is 11.4 Å². The fourth-order valence-electron chi connectivity index (χ4n) is 6.46. The molecule has 0 aromatic rings. The third-order valence-electron chi connectivity index (χ3n) is 8.06. The lowest BCUT2D eigenvalue weighted by Crippen LogP contribution is -2.58. The Hall–Kier alpha value is -1.34. The summed E-state index contributed by atoms with van der Waals surface area (Å²) < 4.78 is 13.1. The van der Waals surface area contributed by atoms with Crippen LogP contribution < -0.4 is 0 Å². The molecule has 0 amide bonds. The molecule has 0 aromatic heterocycles. The zero-order valence-electron chi connectivity index (χ0n) is 17.1. The molecule has 2 spiro atoms. The van der Waals surface area contributed by atoms with Crippen molar-refractivity contribution in [3.63, 3.8) is 0 Å². The summed E-state index contributed by atoms with van der Waals surface area (Å²) in [6, 6.07) is 0. The van der Waals surface area contributed by atoms with Crippen molar-refractivity contribution in [2.45, 2.75) is 82.1 Å². The lowest BCUT2D eigenvalue weighted by atomic mass is 9.59. The van der Waals surface area contributed by atoms with E-state index in [4.69, 9.17) is 19.9 Å². The molecular weight excluding hydrogens is 368 g/mol. The lowest BCUT2D eigenvalue weighted by molar-refractivity contribution is -0.262. The molecule has 0 saturated carbocycles. The van der Waals surface area contributed by atoms with E-state index in [1.54, 1.807) is 0 Å². The van der Waals surface area contributed by atoms with Gasteiger partial charge < -0.3 is 25.1 Å². The number of fused-ring (bicyclic) bond motifs is 3. The Bertz CT molecular complexity index is 792. The molecule has 6 nitrogen and oxygen atoms in total. The monoisotopic (exact) mass is 400 g/mol. The Balaban J connectivity index is 1.67. The molecule has 29 heavy (non-hydrogen) atoms. The van der Waals surface area contributed by atoms with E-state index < -0.39 is 24.1 Å². The summed E-state index contributed by atoms with van der Waals surface area (Å²) in [7, 11) is 0. The number of aliphatic hydroxyl groups is 2. The van der Waals surface area contributed by atoms with E-state index in [1.807, 2.05) is 6.08 Å². The Kier molecular flexibility index (Phi) is 4.63. The highest BCUT2D eigenvalue weighted by molar-refractivity contribution is 5.98. The first kappa shape index (κ1) is 19.6. The highest BCUT2D eigenvalue weighted by atomic mass is 16.7. The van der Waals surface area contributed by atoms with E-state index in [2.05, 4.69) is 19.6 Å². The third-order valence-corrected chi connectivity index (χ3v) is 8.06. The van der Waals surface area contributed by atoms with Crippen LogP contribution in [0.15, 0.2) is 29.3 Å². The molecule has 0 unspecified atom stereocenters. The summed E-state index contributed by atoms with van der Waals surface area (Å²) in [5, 5.41) is 31.1. The fraction of sp³-hybridized carbons (Fsp3) is 0.739. The Morgan fingerprint density at radius 1 is 1.24 bits per heavy atom. The van der Waals surface area contributed by atoms with Crippen LogP contribution in [0.25, 0.3) is 0 Å². The van der Waals surface area contributed by atoms with Crippen LogP contribution in [-0.4, -0.2) is 58.4 Å². The first-order chi connectivity index (χ1) is 13.9. The largest absolute Gasteiger partial charge is 0.387 e. The van der Waals surface area contributed by atoms with Crippen molar-refractivity contribution in [2.75, 3.05) is 6.54 Å². The number of ether oxygens (including phenoxy) is 2. The molecule has 1 aliphatic carbocycles. The molecule has 3 bridgehead atoms. The van der Waals surface area contributed by atoms with Gasteiger partial charge >= 0.3 is 0 Å². The summed E-state index contributed by atoms with van der Waals surface area (Å²) in [6.45, 7) is 6.72. The van der Waals surface area contributed by atoms with Gasteiger partial charge in [-0.1, -0.05) is 31.2 Å². The van der Waals surface area contributed by atoms with E-state index >= 15 is 0 Å². The van der Waals surface area contributed by atoms with E-state index in [1.165, 1.54) is 0 Å².